The van der Waals surface area contributed by atoms with Crippen LogP contribution in [0, 0.1) is 13.8 Å². The summed E-state index contributed by atoms with van der Waals surface area (Å²) in [5.74, 6) is -0.204. The second-order valence-electron chi connectivity index (χ2n) is 8.60. The van der Waals surface area contributed by atoms with E-state index in [2.05, 4.69) is 62.6 Å². The molecular weight excluding hydrogens is 368 g/mol. The lowest BCUT2D eigenvalue weighted by molar-refractivity contribution is -0.123. The highest BCUT2D eigenvalue weighted by molar-refractivity contribution is 8.18. The van der Waals surface area contributed by atoms with E-state index in [0.29, 0.717) is 4.91 Å². The van der Waals surface area contributed by atoms with Crippen molar-refractivity contribution in [2.24, 2.45) is 0 Å². The molecule has 1 saturated heterocycles. The van der Waals surface area contributed by atoms with Crippen molar-refractivity contribution >= 4 is 29.0 Å². The Labute approximate surface area is 171 Å². The summed E-state index contributed by atoms with van der Waals surface area (Å²) in [6, 6.07) is 10.5. The molecule has 0 radical (unpaired) electrons. The summed E-state index contributed by atoms with van der Waals surface area (Å²) in [6.07, 6.45) is 1.84. The van der Waals surface area contributed by atoms with Crippen molar-refractivity contribution in [1.82, 2.24) is 9.47 Å². The molecule has 2 amide bonds. The van der Waals surface area contributed by atoms with Crippen molar-refractivity contribution < 1.29 is 9.59 Å². The molecule has 28 heavy (non-hydrogen) atoms. The average molecular weight is 397 g/mol. The van der Waals surface area contributed by atoms with Gasteiger partial charge in [-0.1, -0.05) is 32.9 Å². The second-order valence-corrected chi connectivity index (χ2v) is 9.60. The molecule has 1 aliphatic heterocycles. The van der Waals surface area contributed by atoms with Crippen molar-refractivity contribution in [1.29, 1.82) is 0 Å². The molecule has 0 aliphatic carbocycles. The van der Waals surface area contributed by atoms with E-state index in [4.69, 9.17) is 0 Å². The van der Waals surface area contributed by atoms with Gasteiger partial charge in [0.1, 0.15) is 0 Å². The zero-order valence-corrected chi connectivity index (χ0v) is 18.5. The molecule has 0 spiro atoms. The first-order valence-corrected chi connectivity index (χ1v) is 10.4. The first-order chi connectivity index (χ1) is 13.0. The van der Waals surface area contributed by atoms with Gasteiger partial charge in [-0.25, -0.2) is 0 Å². The molecule has 2 aromatic rings. The summed E-state index contributed by atoms with van der Waals surface area (Å²) in [6.45, 7) is 14.4. The molecule has 0 saturated carbocycles. The van der Waals surface area contributed by atoms with E-state index in [1.165, 1.54) is 10.5 Å². The van der Waals surface area contributed by atoms with Crippen molar-refractivity contribution in [3.05, 3.63) is 57.8 Å². The number of thioether (sulfide) groups is 1. The van der Waals surface area contributed by atoms with Crippen molar-refractivity contribution in [2.75, 3.05) is 0 Å². The molecule has 2 heterocycles. The number of nitrogens with zero attached hydrogens (tertiary/aromatic N) is 2. The van der Waals surface area contributed by atoms with Crippen LogP contribution < -0.4 is 0 Å². The number of carbonyl (C=O) groups is 2. The molecule has 1 aliphatic rings. The lowest BCUT2D eigenvalue weighted by Gasteiger charge is -2.20. The molecule has 5 heteroatoms. The fourth-order valence-electron chi connectivity index (χ4n) is 3.51. The minimum Gasteiger partial charge on any atom is -0.318 e. The van der Waals surface area contributed by atoms with Gasteiger partial charge in [-0.2, -0.15) is 0 Å². The summed E-state index contributed by atoms with van der Waals surface area (Å²) < 4.78 is 2.19. The third-order valence-electron chi connectivity index (χ3n) is 5.09. The number of hydrogen-bond donors (Lipinski definition) is 0. The lowest BCUT2D eigenvalue weighted by atomic mass is 9.87. The number of benzene rings is 1. The molecule has 0 unspecified atom stereocenters. The van der Waals surface area contributed by atoms with Gasteiger partial charge in [0.2, 0.25) is 0 Å². The van der Waals surface area contributed by atoms with Gasteiger partial charge in [0.05, 0.1) is 4.91 Å². The lowest BCUT2D eigenvalue weighted by Crippen LogP contribution is -2.34. The maximum Gasteiger partial charge on any atom is 0.293 e. The van der Waals surface area contributed by atoms with Gasteiger partial charge in [-0.3, -0.25) is 14.5 Å². The largest absolute Gasteiger partial charge is 0.318 e. The van der Waals surface area contributed by atoms with Gasteiger partial charge in [-0.05, 0) is 80.3 Å². The van der Waals surface area contributed by atoms with E-state index < -0.39 is 0 Å². The van der Waals surface area contributed by atoms with Crippen LogP contribution in [0.4, 0.5) is 4.79 Å². The van der Waals surface area contributed by atoms with Crippen LogP contribution in [0.2, 0.25) is 0 Å². The van der Waals surface area contributed by atoms with Crippen LogP contribution in [-0.4, -0.2) is 26.7 Å². The predicted molar refractivity (Wildman–Crippen MR) is 117 cm³/mol. The summed E-state index contributed by atoms with van der Waals surface area (Å²) in [7, 11) is 0. The average Bonchev–Trinajstić information content (AvgIpc) is 3.02. The van der Waals surface area contributed by atoms with E-state index >= 15 is 0 Å². The highest BCUT2D eigenvalue weighted by Gasteiger charge is 2.36. The van der Waals surface area contributed by atoms with Crippen molar-refractivity contribution in [2.45, 2.75) is 59.9 Å². The van der Waals surface area contributed by atoms with Crippen LogP contribution in [0.3, 0.4) is 0 Å². The monoisotopic (exact) mass is 396 g/mol. The number of imide groups is 1. The maximum absolute atomic E-state index is 12.6. The van der Waals surface area contributed by atoms with Gasteiger partial charge in [0.15, 0.2) is 0 Å². The Kier molecular flexibility index (Phi) is 5.32. The number of carbonyl (C=O) groups excluding carboxylic acids is 2. The van der Waals surface area contributed by atoms with Gasteiger partial charge >= 0.3 is 0 Å². The summed E-state index contributed by atoms with van der Waals surface area (Å²) in [4.78, 5) is 26.5. The molecule has 0 bridgehead atoms. The number of aryl methyl sites for hydroxylation is 1. The van der Waals surface area contributed by atoms with Crippen LogP contribution in [0.25, 0.3) is 11.8 Å². The molecule has 0 atom stereocenters. The van der Waals surface area contributed by atoms with Gasteiger partial charge in [-0.15, -0.1) is 0 Å². The van der Waals surface area contributed by atoms with Crippen molar-refractivity contribution in [3.8, 4) is 5.69 Å². The Hall–Kier alpha value is -2.27. The van der Waals surface area contributed by atoms with E-state index in [1.807, 2.05) is 26.8 Å². The minimum atomic E-state index is -0.204. The van der Waals surface area contributed by atoms with E-state index in [0.717, 1.165) is 34.4 Å². The summed E-state index contributed by atoms with van der Waals surface area (Å²) in [5, 5.41) is -0.196. The van der Waals surface area contributed by atoms with Crippen LogP contribution in [0.1, 0.15) is 57.1 Å². The number of rotatable bonds is 3. The zero-order chi connectivity index (χ0) is 20.8. The summed E-state index contributed by atoms with van der Waals surface area (Å²) >= 11 is 1.02. The molecule has 1 fully saturated rings. The smallest absolute Gasteiger partial charge is 0.293 e. The van der Waals surface area contributed by atoms with Crippen molar-refractivity contribution in [3.63, 3.8) is 0 Å². The van der Waals surface area contributed by atoms with E-state index in [-0.39, 0.29) is 22.6 Å². The first kappa shape index (κ1) is 20.5. The molecular formula is C23H28N2O2S. The van der Waals surface area contributed by atoms with Crippen LogP contribution >= 0.6 is 11.8 Å². The highest BCUT2D eigenvalue weighted by atomic mass is 32.2. The molecule has 4 nitrogen and oxygen atoms in total. The Morgan fingerprint density at radius 1 is 1.04 bits per heavy atom. The fourth-order valence-corrected chi connectivity index (χ4v) is 4.46. The molecule has 1 aromatic heterocycles. The van der Waals surface area contributed by atoms with Gasteiger partial charge in [0.25, 0.3) is 11.1 Å². The van der Waals surface area contributed by atoms with E-state index in [9.17, 15) is 9.59 Å². The quantitative estimate of drug-likeness (QED) is 0.612. The van der Waals surface area contributed by atoms with Gasteiger partial charge < -0.3 is 4.57 Å². The Morgan fingerprint density at radius 2 is 1.64 bits per heavy atom. The molecule has 148 valence electrons. The predicted octanol–water partition coefficient (Wildman–Crippen LogP) is 5.84. The molecule has 0 N–H and O–H groups in total. The standard InChI is InChI=1S/C23H28N2O2S/c1-14(2)24-21(26)20(28-22(24)27)13-17-12-15(3)25(16(17)4)19-10-8-18(9-11-19)23(5,6)7/h8-14H,1-7H3/b20-13-. The van der Waals surface area contributed by atoms with Crippen LogP contribution in [0.15, 0.2) is 35.2 Å². The topological polar surface area (TPSA) is 42.3 Å². The number of aromatic nitrogens is 1. The fraction of sp³-hybridized carbons (Fsp3) is 0.391. The minimum absolute atomic E-state index is 0.115. The Morgan fingerprint density at radius 3 is 2.14 bits per heavy atom. The third-order valence-corrected chi connectivity index (χ3v) is 5.97. The van der Waals surface area contributed by atoms with E-state index in [1.54, 1.807) is 0 Å². The SMILES string of the molecule is Cc1cc(/C=C2\SC(=O)N(C(C)C)C2=O)c(C)n1-c1ccc(C(C)(C)C)cc1. The Bertz CT molecular complexity index is 960. The first-order valence-electron chi connectivity index (χ1n) is 9.57. The molecule has 1 aromatic carbocycles. The zero-order valence-electron chi connectivity index (χ0n) is 17.7. The number of hydrogen-bond acceptors (Lipinski definition) is 3. The second kappa shape index (κ2) is 7.28. The summed E-state index contributed by atoms with van der Waals surface area (Å²) in [5.41, 5.74) is 5.61. The maximum atomic E-state index is 12.6. The third kappa shape index (κ3) is 3.68. The number of amides is 2. The van der Waals surface area contributed by atoms with Gasteiger partial charge in [0, 0.05) is 23.1 Å². The highest BCUT2D eigenvalue weighted by Crippen LogP contribution is 2.35. The Balaban J connectivity index is 1.97. The molecule has 3 rings (SSSR count). The van der Waals surface area contributed by atoms with Crippen LogP contribution in [-0.2, 0) is 10.2 Å². The normalized spacial score (nSPS) is 16.7. The van der Waals surface area contributed by atoms with Crippen LogP contribution in [0.5, 0.6) is 0 Å².